The van der Waals surface area contributed by atoms with Crippen LogP contribution in [0.1, 0.15) is 30.3 Å². The summed E-state index contributed by atoms with van der Waals surface area (Å²) < 4.78 is 36.3. The second-order valence-electron chi connectivity index (χ2n) is 4.88. The van der Waals surface area contributed by atoms with E-state index in [0.29, 0.717) is 12.5 Å². The molecule has 1 aromatic rings. The molecule has 1 unspecified atom stereocenters. The van der Waals surface area contributed by atoms with E-state index in [-0.39, 0.29) is 17.5 Å². The molecule has 0 aromatic carbocycles. The van der Waals surface area contributed by atoms with E-state index < -0.39 is 16.0 Å². The van der Waals surface area contributed by atoms with Crippen LogP contribution in [0.3, 0.4) is 0 Å². The average Bonchev–Trinajstić information content (AvgIpc) is 3.10. The lowest BCUT2D eigenvalue weighted by molar-refractivity contribution is 0.0484. The second-order valence-corrected chi connectivity index (χ2v) is 6.58. The Morgan fingerprint density at radius 1 is 1.52 bits per heavy atom. The minimum atomic E-state index is -3.72. The Morgan fingerprint density at radius 2 is 2.33 bits per heavy atom. The van der Waals surface area contributed by atoms with Gasteiger partial charge >= 0.3 is 5.97 Å². The summed E-state index contributed by atoms with van der Waals surface area (Å²) in [4.78, 5) is 11.4. The molecule has 0 radical (unpaired) electrons. The highest BCUT2D eigenvalue weighted by Gasteiger charge is 2.22. The highest BCUT2D eigenvalue weighted by Crippen LogP contribution is 2.16. The van der Waals surface area contributed by atoms with Crippen LogP contribution in [-0.4, -0.2) is 40.6 Å². The predicted molar refractivity (Wildman–Crippen MR) is 75.4 cm³/mol. The third-order valence-corrected chi connectivity index (χ3v) is 4.66. The van der Waals surface area contributed by atoms with E-state index in [1.54, 1.807) is 6.92 Å². The van der Waals surface area contributed by atoms with Crippen LogP contribution in [0.15, 0.2) is 21.6 Å². The third kappa shape index (κ3) is 4.29. The summed E-state index contributed by atoms with van der Waals surface area (Å²) in [6, 6.07) is 2.55. The maximum Gasteiger partial charge on any atom is 0.374 e. The van der Waals surface area contributed by atoms with Gasteiger partial charge in [0.1, 0.15) is 0 Å². The Hall–Kier alpha value is -1.38. The summed E-state index contributed by atoms with van der Waals surface area (Å²) in [5.74, 6) is -0.285. The first-order valence-corrected chi connectivity index (χ1v) is 8.48. The van der Waals surface area contributed by atoms with Crippen LogP contribution in [0, 0.1) is 5.92 Å². The van der Waals surface area contributed by atoms with Crippen molar-refractivity contribution in [1.82, 2.24) is 10.0 Å². The Bertz CT molecular complexity index is 575. The Balaban J connectivity index is 1.91. The molecule has 1 saturated heterocycles. The van der Waals surface area contributed by atoms with Gasteiger partial charge in [0.05, 0.1) is 6.61 Å². The van der Waals surface area contributed by atoms with Gasteiger partial charge < -0.3 is 14.5 Å². The van der Waals surface area contributed by atoms with Crippen molar-refractivity contribution in [2.45, 2.75) is 24.9 Å². The van der Waals surface area contributed by atoms with Gasteiger partial charge in [0.25, 0.3) is 10.0 Å². The lowest BCUT2D eigenvalue weighted by atomic mass is 10.1. The second kappa shape index (κ2) is 7.06. The molecule has 0 spiro atoms. The zero-order valence-corrected chi connectivity index (χ0v) is 12.7. The molecule has 1 fully saturated rings. The molecule has 0 bridgehead atoms. The third-order valence-electron chi connectivity index (χ3n) is 3.33. The number of rotatable bonds is 7. The lowest BCUT2D eigenvalue weighted by Gasteiger charge is -2.08. The fraction of sp³-hybridized carbons (Fsp3) is 0.615. The van der Waals surface area contributed by atoms with Crippen LogP contribution in [0.25, 0.3) is 0 Å². The van der Waals surface area contributed by atoms with Crippen LogP contribution < -0.4 is 10.0 Å². The van der Waals surface area contributed by atoms with E-state index in [0.717, 1.165) is 25.9 Å². The molecular weight excluding hydrogens is 296 g/mol. The molecule has 7 nitrogen and oxygen atoms in total. The summed E-state index contributed by atoms with van der Waals surface area (Å²) in [5, 5.41) is 2.96. The number of nitrogens with one attached hydrogen (secondary N) is 2. The number of ether oxygens (including phenoxy) is 1. The van der Waals surface area contributed by atoms with Crippen LogP contribution in [0.2, 0.25) is 0 Å². The minimum absolute atomic E-state index is 0.114. The molecule has 0 saturated carbocycles. The minimum Gasteiger partial charge on any atom is -0.460 e. The molecule has 1 aromatic heterocycles. The van der Waals surface area contributed by atoms with Crippen molar-refractivity contribution in [3.63, 3.8) is 0 Å². The first kappa shape index (κ1) is 16.0. The average molecular weight is 316 g/mol. The molecule has 118 valence electrons. The van der Waals surface area contributed by atoms with Gasteiger partial charge in [-0.2, -0.15) is 0 Å². The van der Waals surface area contributed by atoms with Crippen molar-refractivity contribution in [1.29, 1.82) is 0 Å². The summed E-state index contributed by atoms with van der Waals surface area (Å²) in [6.07, 6.45) is 1.84. The Kier molecular flexibility index (Phi) is 5.38. The number of sulfonamides is 1. The van der Waals surface area contributed by atoms with Crippen molar-refractivity contribution in [2.75, 3.05) is 26.2 Å². The maximum absolute atomic E-state index is 12.0. The van der Waals surface area contributed by atoms with Crippen LogP contribution in [-0.2, 0) is 14.8 Å². The summed E-state index contributed by atoms with van der Waals surface area (Å²) in [5.41, 5.74) is 0. The molecule has 2 N–H and O–H groups in total. The van der Waals surface area contributed by atoms with Crippen molar-refractivity contribution < 1.29 is 22.4 Å². The number of hydrogen-bond acceptors (Lipinski definition) is 6. The van der Waals surface area contributed by atoms with E-state index in [9.17, 15) is 13.2 Å². The molecular formula is C13H20N2O5S. The fourth-order valence-electron chi connectivity index (χ4n) is 2.21. The summed E-state index contributed by atoms with van der Waals surface area (Å²) in [7, 11) is -3.72. The van der Waals surface area contributed by atoms with Crippen LogP contribution in [0.4, 0.5) is 0 Å². The normalized spacial score (nSPS) is 18.8. The van der Waals surface area contributed by atoms with Crippen molar-refractivity contribution in [2.24, 2.45) is 5.92 Å². The standard InChI is InChI=1S/C13H20N2O5S/c1-2-19-13(16)11-3-4-12(20-11)21(17,18)15-8-6-10-5-7-14-9-10/h3-4,10,14-15H,2,5-9H2,1H3. The van der Waals surface area contributed by atoms with Crippen molar-refractivity contribution >= 4 is 16.0 Å². The van der Waals surface area contributed by atoms with Gasteiger partial charge in [-0.3, -0.25) is 0 Å². The van der Waals surface area contributed by atoms with E-state index in [4.69, 9.17) is 9.15 Å². The van der Waals surface area contributed by atoms with Crippen LogP contribution >= 0.6 is 0 Å². The number of hydrogen-bond donors (Lipinski definition) is 2. The van der Waals surface area contributed by atoms with Crippen molar-refractivity contribution in [3.05, 3.63) is 17.9 Å². The van der Waals surface area contributed by atoms with Gasteiger partial charge in [0, 0.05) is 6.54 Å². The highest BCUT2D eigenvalue weighted by molar-refractivity contribution is 7.89. The van der Waals surface area contributed by atoms with E-state index in [1.165, 1.54) is 12.1 Å². The van der Waals surface area contributed by atoms with Gasteiger partial charge in [0.15, 0.2) is 0 Å². The first-order valence-electron chi connectivity index (χ1n) is 7.00. The predicted octanol–water partition coefficient (Wildman–Crippen LogP) is 0.734. The molecule has 21 heavy (non-hydrogen) atoms. The van der Waals surface area contributed by atoms with E-state index >= 15 is 0 Å². The van der Waals surface area contributed by atoms with E-state index in [2.05, 4.69) is 10.0 Å². The maximum atomic E-state index is 12.0. The highest BCUT2D eigenvalue weighted by atomic mass is 32.2. The molecule has 1 atom stereocenters. The van der Waals surface area contributed by atoms with Gasteiger partial charge in [-0.1, -0.05) is 0 Å². The monoisotopic (exact) mass is 316 g/mol. The summed E-state index contributed by atoms with van der Waals surface area (Å²) >= 11 is 0. The van der Waals surface area contributed by atoms with Gasteiger partial charge in [-0.05, 0) is 50.9 Å². The zero-order valence-electron chi connectivity index (χ0n) is 11.9. The van der Waals surface area contributed by atoms with Gasteiger partial charge in [-0.25, -0.2) is 17.9 Å². The Labute approximate surface area is 124 Å². The molecule has 0 amide bonds. The number of carbonyl (C=O) groups excluding carboxylic acids is 1. The van der Waals surface area contributed by atoms with E-state index in [1.807, 2.05) is 0 Å². The smallest absolute Gasteiger partial charge is 0.374 e. The molecule has 1 aliphatic heterocycles. The lowest BCUT2D eigenvalue weighted by Crippen LogP contribution is -2.26. The number of carbonyl (C=O) groups is 1. The molecule has 8 heteroatoms. The molecule has 2 heterocycles. The fourth-order valence-corrected chi connectivity index (χ4v) is 3.18. The molecule has 1 aliphatic rings. The SMILES string of the molecule is CCOC(=O)c1ccc(S(=O)(=O)NCCC2CCNC2)o1. The largest absolute Gasteiger partial charge is 0.460 e. The van der Waals surface area contributed by atoms with Crippen LogP contribution in [0.5, 0.6) is 0 Å². The zero-order chi connectivity index (χ0) is 15.3. The van der Waals surface area contributed by atoms with Gasteiger partial charge in [-0.15, -0.1) is 0 Å². The first-order chi connectivity index (χ1) is 10.0. The molecule has 0 aliphatic carbocycles. The summed E-state index contributed by atoms with van der Waals surface area (Å²) in [6.45, 7) is 4.13. The number of furan rings is 1. The van der Waals surface area contributed by atoms with Gasteiger partial charge in [0.2, 0.25) is 10.9 Å². The molecule has 2 rings (SSSR count). The Morgan fingerprint density at radius 3 is 3.00 bits per heavy atom. The van der Waals surface area contributed by atoms with Crippen molar-refractivity contribution in [3.8, 4) is 0 Å². The number of esters is 1. The quantitative estimate of drug-likeness (QED) is 0.720. The topological polar surface area (TPSA) is 97.6 Å².